The predicted octanol–water partition coefficient (Wildman–Crippen LogP) is 11.3. The van der Waals surface area contributed by atoms with Gasteiger partial charge in [-0.05, 0) is 123 Å². The van der Waals surface area contributed by atoms with Crippen molar-refractivity contribution in [3.8, 4) is 121 Å². The van der Waals surface area contributed by atoms with Gasteiger partial charge in [-0.1, -0.05) is 0 Å². The number of piperazine rings is 2. The Balaban J connectivity index is 0.000000257. The molecule has 2 saturated heterocycles. The number of benzene rings is 9. The van der Waals surface area contributed by atoms with E-state index < -0.39 is 63.5 Å². The van der Waals surface area contributed by atoms with Gasteiger partial charge in [-0.15, -0.1) is 24.4 Å². The van der Waals surface area contributed by atoms with Crippen molar-refractivity contribution in [2.45, 2.75) is 97.3 Å². The summed E-state index contributed by atoms with van der Waals surface area (Å²) in [6.45, 7) is 17.6. The third-order valence-electron chi connectivity index (χ3n) is 18.8. The van der Waals surface area contributed by atoms with Crippen LogP contribution in [0, 0.1) is 12.8 Å². The smallest absolute Gasteiger partial charge is 0.221 e. The fourth-order valence-electron chi connectivity index (χ4n) is 12.9. The molecule has 674 valence electrons. The Hall–Kier alpha value is -14.5. The van der Waals surface area contributed by atoms with Gasteiger partial charge >= 0.3 is 0 Å². The Morgan fingerprint density at radius 2 is 0.698 bits per heavy atom. The zero-order valence-corrected chi connectivity index (χ0v) is 71.5. The molecule has 2 aliphatic heterocycles. The van der Waals surface area contributed by atoms with E-state index in [4.69, 9.17) is 20.4 Å². The van der Waals surface area contributed by atoms with E-state index in [0.717, 1.165) is 105 Å². The summed E-state index contributed by atoms with van der Waals surface area (Å²) < 4.78 is 0. The lowest BCUT2D eigenvalue weighted by atomic mass is 9.94. The van der Waals surface area contributed by atoms with Crippen LogP contribution in [0.3, 0.4) is 0 Å². The zero-order chi connectivity index (χ0) is 94.9. The Morgan fingerprint density at radius 3 is 1.02 bits per heavy atom. The molecule has 9 aromatic carbocycles. The molecule has 36 nitrogen and oxygen atoms in total. The van der Waals surface area contributed by atoms with Crippen molar-refractivity contribution in [1.29, 1.82) is 0 Å². The number of carbonyl (C=O) groups excluding carboxylic acids is 10. The predicted molar refractivity (Wildman–Crippen MR) is 465 cm³/mol. The number of anilines is 3. The molecule has 1 unspecified atom stereocenters. The molecule has 1 amide bonds. The van der Waals surface area contributed by atoms with E-state index in [2.05, 4.69) is 45.0 Å². The van der Waals surface area contributed by atoms with Crippen LogP contribution >= 0.6 is 24.4 Å². The van der Waals surface area contributed by atoms with Crippen LogP contribution in [0.4, 0.5) is 17.1 Å². The summed E-state index contributed by atoms with van der Waals surface area (Å²) in [7, 11) is 2.06. The molecule has 0 aromatic heterocycles. The molecule has 1 aliphatic carbocycles. The third-order valence-corrected chi connectivity index (χ3v) is 19.7. The molecule has 38 heteroatoms. The number of Topliss-reactive ketones (excluding diaryl/α,β-unsaturated/α-hetero) is 9. The molecule has 23 N–H and O–H groups in total. The van der Waals surface area contributed by atoms with Crippen LogP contribution in [-0.4, -0.2) is 236 Å². The maximum absolute atomic E-state index is 12.1. The number of aromatic hydroxyl groups is 21. The normalized spacial score (nSPS) is 13.1. The average Bonchev–Trinajstić information content (AvgIpc) is 1.60. The Labute approximate surface area is 730 Å². The molecule has 9 aromatic rings. The number of ketones is 9. The van der Waals surface area contributed by atoms with Crippen molar-refractivity contribution in [1.82, 2.24) is 10.2 Å². The number of hydrogen-bond donors (Lipinski definition) is 24. The summed E-state index contributed by atoms with van der Waals surface area (Å²) >= 11 is 5.29. The highest BCUT2D eigenvalue weighted by molar-refractivity contribution is 7.98. The monoisotopic (exact) mass is 1790 g/mol. The fraction of sp³-hybridized carbons (Fsp3) is 0.273. The molecule has 0 radical (unpaired) electrons. The third kappa shape index (κ3) is 28.5. The minimum absolute atomic E-state index is 0.00659. The largest absolute Gasteiger partial charge is 0.508 e. The number of phenols is 21. The first-order valence-corrected chi connectivity index (χ1v) is 39.7. The maximum atomic E-state index is 12.1. The minimum Gasteiger partial charge on any atom is -0.508 e. The van der Waals surface area contributed by atoms with Crippen LogP contribution in [-0.2, 0) is 16.0 Å². The lowest BCUT2D eigenvalue weighted by molar-refractivity contribution is -0.119. The van der Waals surface area contributed by atoms with E-state index >= 15 is 0 Å². The van der Waals surface area contributed by atoms with Gasteiger partial charge in [-0.2, -0.15) is 0 Å². The topological polar surface area (TPSA) is 629 Å². The molecular weight excluding hydrogens is 1690 g/mol. The van der Waals surface area contributed by atoms with Crippen LogP contribution in [0.25, 0.3) is 0 Å². The molecule has 3 fully saturated rings. The summed E-state index contributed by atoms with van der Waals surface area (Å²) in [4.78, 5) is 120. The number of aryl methyl sites for hydroxylation is 1. The van der Waals surface area contributed by atoms with E-state index in [9.17, 15) is 135 Å². The number of hydrogen-bond acceptors (Lipinski definition) is 37. The maximum Gasteiger partial charge on any atom is 0.221 e. The quantitative estimate of drug-likeness (QED) is 0.0185. The van der Waals surface area contributed by atoms with E-state index in [1.165, 1.54) is 121 Å². The van der Waals surface area contributed by atoms with Crippen molar-refractivity contribution >= 4 is 99.4 Å². The van der Waals surface area contributed by atoms with Crippen molar-refractivity contribution in [2.75, 3.05) is 80.8 Å². The zero-order valence-electron chi connectivity index (χ0n) is 69.8. The van der Waals surface area contributed by atoms with Crippen LogP contribution < -0.4 is 20.4 Å². The lowest BCUT2D eigenvalue weighted by Crippen LogP contribution is -2.44. The molecule has 1 saturated carbocycles. The highest BCUT2D eigenvalue weighted by atomic mass is 32.2. The molecule has 0 bridgehead atoms. The highest BCUT2D eigenvalue weighted by Gasteiger charge is 2.35. The lowest BCUT2D eigenvalue weighted by Gasteiger charge is -2.34. The first-order valence-electron chi connectivity index (χ1n) is 38.0. The summed E-state index contributed by atoms with van der Waals surface area (Å²) in [5.41, 5.74) is 1.62. The number of thiol groups is 1. The summed E-state index contributed by atoms with van der Waals surface area (Å²) in [5, 5.41) is 204. The van der Waals surface area contributed by atoms with Crippen molar-refractivity contribution in [3.05, 3.63) is 165 Å². The minimum atomic E-state index is -0.781. The molecular formula is C88H99N5O31S2. The Kier molecular flexibility index (Phi) is 37.4. The number of thioether (sulfide) groups is 1. The van der Waals surface area contributed by atoms with Crippen LogP contribution in [0.5, 0.6) is 121 Å². The van der Waals surface area contributed by atoms with Crippen molar-refractivity contribution < 1.29 is 155 Å². The van der Waals surface area contributed by atoms with Crippen molar-refractivity contribution in [3.63, 3.8) is 0 Å². The second-order valence-corrected chi connectivity index (χ2v) is 30.0. The molecule has 3 aliphatic rings. The molecule has 126 heavy (non-hydrogen) atoms. The second-order valence-electron chi connectivity index (χ2n) is 28.6. The van der Waals surface area contributed by atoms with Crippen LogP contribution in [0.15, 0.2) is 119 Å². The van der Waals surface area contributed by atoms with E-state index in [0.29, 0.717) is 29.7 Å². The van der Waals surface area contributed by atoms with Gasteiger partial charge in [-0.3, -0.25) is 47.9 Å². The van der Waals surface area contributed by atoms with Crippen LogP contribution in [0.1, 0.15) is 168 Å². The van der Waals surface area contributed by atoms with Gasteiger partial charge in [0.1, 0.15) is 171 Å². The Morgan fingerprint density at radius 1 is 0.397 bits per heavy atom. The number of nitrogens with zero attached hydrogens (tertiary/aromatic N) is 3. The summed E-state index contributed by atoms with van der Waals surface area (Å²) in [5.74, 6) is -11.0. The van der Waals surface area contributed by atoms with Gasteiger partial charge in [0.25, 0.3) is 0 Å². The van der Waals surface area contributed by atoms with E-state index in [-0.39, 0.29) is 190 Å². The molecule has 2 heterocycles. The first kappa shape index (κ1) is 102. The van der Waals surface area contributed by atoms with Gasteiger partial charge in [0.05, 0.1) is 5.92 Å². The van der Waals surface area contributed by atoms with Gasteiger partial charge in [0.2, 0.25) is 5.91 Å². The number of rotatable bonds is 16. The van der Waals surface area contributed by atoms with E-state index in [1.54, 1.807) is 19.1 Å². The van der Waals surface area contributed by atoms with Gasteiger partial charge < -0.3 is 133 Å². The van der Waals surface area contributed by atoms with Crippen LogP contribution in [0.2, 0.25) is 0 Å². The molecule has 1 atom stereocenters. The van der Waals surface area contributed by atoms with E-state index in [1.807, 2.05) is 6.26 Å². The number of carbonyl (C=O) groups is 10. The number of amides is 1. The first-order chi connectivity index (χ1) is 58.9. The highest BCUT2D eigenvalue weighted by Crippen LogP contribution is 2.42. The summed E-state index contributed by atoms with van der Waals surface area (Å²) in [6, 6.07) is 22.8. The SMILES string of the molecule is CC(=O)Nc1cc(O)c(C(C)=O)c(O)c1.CC(=O)c1c(O)cc(N2CCN(C)CC2)cc1O.CC(=O)c1c(O)cc(N2CCNCC2)cc1O.CC(=O)c1c(O)cc(O)cc1O.CC(=O)c1c(O)cc(S)cc1O.CSc1cc(O)c(C(C)=O)c(O)c1.Cc1cc(O)c(CCC(=O)c2c(O)cc(O)cc2O)c(O)c1.O=C1CCCC1C(=O)c1c(O)cc(O)cc1O. The standard InChI is InChI=1S/C16H16O6.C13H18N2O3.C12H16N2O3.C12H12O5.C10H11NO4.C9H10O3S.C8H8O4.C8H8O3S/c1-8-4-12(19)10(13(20)5-8)2-3-11(18)16-14(21)6-9(17)7-15(16)22;1-9(16)13-11(17)7-10(8-12(13)18)15-5-3-14(2)4-6-15;1-8(15)12-10(16)6-9(7-11(12)17)14-4-2-13-3-5-14;13-6-4-9(15)11(10(16)5-6)12(17)7-2-1-3-8(7)14;1-5(12)10-8(14)3-7(4-9(10)15)11-6(2)13;1-5(10)9-7(11)3-6(13-2)4-8(9)12;1-4(9)8-6(11)2-5(10)3-7(8)12;1-4(9)8-6(10)2-5(12)3-7(8)11/h4-7,17,19-22H,2-3H2,1H3;7-8,17-18H,3-6H2,1-2H3;6-7,13,16-17H,2-5H2,1H3;4-5,7,13,15-16H,1-3H2;3-4,14-15H,1-2H3,(H,11,13);3-4,11-12H,1-2H3;2*2-3,10-12H,1H3. The second kappa shape index (κ2) is 46.1. The van der Waals surface area contributed by atoms with Gasteiger partial charge in [0, 0.05) is 177 Å². The summed E-state index contributed by atoms with van der Waals surface area (Å²) in [6.07, 6.45) is 3.16. The van der Waals surface area contributed by atoms with Gasteiger partial charge in [-0.25, -0.2) is 0 Å². The number of nitrogens with one attached hydrogen (secondary N) is 2. The van der Waals surface area contributed by atoms with Crippen molar-refractivity contribution in [2.24, 2.45) is 5.92 Å². The number of likely N-dealkylation sites (N-methyl/N-ethyl adjacent to an activating group) is 1. The van der Waals surface area contributed by atoms with Gasteiger partial charge in [0.15, 0.2) is 46.3 Å². The molecule has 0 spiro atoms. The Bertz CT molecular complexity index is 5310. The fourth-order valence-corrected chi connectivity index (χ4v) is 13.6. The number of phenolic OH excluding ortho intramolecular Hbond substituents is 21. The molecule has 12 rings (SSSR count). The average molecular weight is 1790 g/mol.